The Morgan fingerprint density at radius 2 is 1.88 bits per heavy atom. The summed E-state index contributed by atoms with van der Waals surface area (Å²) in [7, 11) is 0. The van der Waals surface area contributed by atoms with Crippen molar-refractivity contribution in [2.75, 3.05) is 0 Å². The monoisotopic (exact) mass is 364 g/mol. The van der Waals surface area contributed by atoms with Crippen LogP contribution in [-0.2, 0) is 6.54 Å². The summed E-state index contributed by atoms with van der Waals surface area (Å²) in [5.74, 6) is -0.0476. The number of pyridine rings is 1. The number of aromatic nitrogens is 4. The Labute approximate surface area is 155 Å². The fourth-order valence-electron chi connectivity index (χ4n) is 2.95. The quantitative estimate of drug-likeness (QED) is 0.429. The summed E-state index contributed by atoms with van der Waals surface area (Å²) in [6.07, 6.45) is 0. The fourth-order valence-corrected chi connectivity index (χ4v) is 3.19. The lowest BCUT2D eigenvalue weighted by Gasteiger charge is -2.08. The Bertz CT molecular complexity index is 1110. The van der Waals surface area contributed by atoms with Crippen molar-refractivity contribution in [3.8, 4) is 11.3 Å². The van der Waals surface area contributed by atoms with E-state index in [4.69, 9.17) is 27.8 Å². The predicted octanol–water partition coefficient (Wildman–Crippen LogP) is 3.49. The van der Waals surface area contributed by atoms with Crippen LogP contribution < -0.4 is 5.73 Å². The van der Waals surface area contributed by atoms with Gasteiger partial charge in [0.25, 0.3) is 0 Å². The number of nitrogens with one attached hydrogen (secondary N) is 1. The number of aryl methyl sites for hydroxylation is 1. The number of hydrogen-bond donors (Lipinski definition) is 2. The van der Waals surface area contributed by atoms with Crippen LogP contribution >= 0.6 is 11.6 Å². The molecule has 0 aliphatic rings. The van der Waals surface area contributed by atoms with Gasteiger partial charge in [-0.3, -0.25) is 10.1 Å². The van der Waals surface area contributed by atoms with Crippen LogP contribution in [0.2, 0.25) is 5.02 Å². The van der Waals surface area contributed by atoms with Crippen LogP contribution in [-0.4, -0.2) is 25.2 Å². The van der Waals surface area contributed by atoms with Crippen molar-refractivity contribution in [2.45, 2.75) is 13.5 Å². The fraction of sp³-hybridized carbons (Fsp3) is 0.105. The highest BCUT2D eigenvalue weighted by Gasteiger charge is 2.12. The molecule has 3 heterocycles. The summed E-state index contributed by atoms with van der Waals surface area (Å²) in [6.45, 7) is 2.41. The molecule has 1 aromatic carbocycles. The molecule has 26 heavy (non-hydrogen) atoms. The van der Waals surface area contributed by atoms with Crippen molar-refractivity contribution in [1.82, 2.24) is 19.4 Å². The van der Waals surface area contributed by atoms with Crippen molar-refractivity contribution in [3.63, 3.8) is 0 Å². The maximum Gasteiger partial charge on any atom is 0.143 e. The maximum absolute atomic E-state index is 7.55. The summed E-state index contributed by atoms with van der Waals surface area (Å²) in [6, 6.07) is 17.6. The molecule has 3 N–H and O–H groups in total. The van der Waals surface area contributed by atoms with Crippen LogP contribution in [0.3, 0.4) is 0 Å². The van der Waals surface area contributed by atoms with Crippen molar-refractivity contribution >= 4 is 23.0 Å². The molecule has 0 fully saturated rings. The zero-order chi connectivity index (χ0) is 18.3. The second kappa shape index (κ2) is 6.31. The first-order valence-corrected chi connectivity index (χ1v) is 8.51. The first-order valence-electron chi connectivity index (χ1n) is 8.14. The molecule has 0 spiro atoms. The number of nitrogens with zero attached hydrogens (tertiary/aromatic N) is 4. The molecule has 3 aromatic heterocycles. The molecule has 6 nitrogen and oxygen atoms in total. The second-order valence-electron chi connectivity index (χ2n) is 6.14. The van der Waals surface area contributed by atoms with E-state index < -0.39 is 0 Å². The van der Waals surface area contributed by atoms with E-state index in [1.807, 2.05) is 60.0 Å². The van der Waals surface area contributed by atoms with Crippen LogP contribution in [0, 0.1) is 12.3 Å². The Morgan fingerprint density at radius 1 is 1.12 bits per heavy atom. The molecule has 0 saturated heterocycles. The van der Waals surface area contributed by atoms with Gasteiger partial charge in [0.15, 0.2) is 0 Å². The predicted molar refractivity (Wildman–Crippen MR) is 103 cm³/mol. The smallest absolute Gasteiger partial charge is 0.143 e. The largest absolute Gasteiger partial charge is 0.382 e. The lowest BCUT2D eigenvalue weighted by molar-refractivity contribution is 0.635. The normalized spacial score (nSPS) is 11.2. The molecule has 4 aromatic rings. The molecule has 0 atom stereocenters. The third-order valence-electron chi connectivity index (χ3n) is 4.24. The SMILES string of the molecule is Cc1cc(C(=N)N)nn1Cc1cc(Cl)cc2cc(-c3ccccc3)nn12. The van der Waals surface area contributed by atoms with E-state index in [1.54, 1.807) is 10.7 Å². The van der Waals surface area contributed by atoms with E-state index in [9.17, 15) is 0 Å². The van der Waals surface area contributed by atoms with Crippen LogP contribution in [0.5, 0.6) is 0 Å². The minimum Gasteiger partial charge on any atom is -0.382 e. The topological polar surface area (TPSA) is 85.0 Å². The Balaban J connectivity index is 1.80. The summed E-state index contributed by atoms with van der Waals surface area (Å²) in [4.78, 5) is 0. The maximum atomic E-state index is 7.55. The Morgan fingerprint density at radius 3 is 2.58 bits per heavy atom. The minimum atomic E-state index is -0.0476. The summed E-state index contributed by atoms with van der Waals surface area (Å²) >= 11 is 6.32. The minimum absolute atomic E-state index is 0.0476. The average molecular weight is 365 g/mol. The number of fused-ring (bicyclic) bond motifs is 1. The van der Waals surface area contributed by atoms with Gasteiger partial charge < -0.3 is 5.73 Å². The Hall–Kier alpha value is -3.12. The summed E-state index contributed by atoms with van der Waals surface area (Å²) in [5.41, 5.74) is 10.7. The Kier molecular flexibility index (Phi) is 3.97. The van der Waals surface area contributed by atoms with Crippen molar-refractivity contribution < 1.29 is 0 Å². The molecule has 0 saturated carbocycles. The van der Waals surface area contributed by atoms with Gasteiger partial charge in [0.2, 0.25) is 0 Å². The second-order valence-corrected chi connectivity index (χ2v) is 6.58. The van der Waals surface area contributed by atoms with Gasteiger partial charge in [-0.25, -0.2) is 4.52 Å². The van der Waals surface area contributed by atoms with Crippen LogP contribution in [0.25, 0.3) is 16.8 Å². The number of rotatable bonds is 4. The highest BCUT2D eigenvalue weighted by molar-refractivity contribution is 6.31. The van der Waals surface area contributed by atoms with Gasteiger partial charge in [0, 0.05) is 16.3 Å². The number of nitrogen functional groups attached to an aromatic ring is 1. The number of hydrogen-bond acceptors (Lipinski definition) is 3. The first kappa shape index (κ1) is 16.4. The van der Waals surface area contributed by atoms with Gasteiger partial charge in [-0.15, -0.1) is 0 Å². The zero-order valence-electron chi connectivity index (χ0n) is 14.1. The third kappa shape index (κ3) is 2.95. The molecule has 130 valence electrons. The van der Waals surface area contributed by atoms with Crippen LogP contribution in [0.4, 0.5) is 0 Å². The van der Waals surface area contributed by atoms with E-state index in [2.05, 4.69) is 5.10 Å². The molecule has 0 aliphatic heterocycles. The van der Waals surface area contributed by atoms with E-state index in [0.717, 1.165) is 28.2 Å². The first-order chi connectivity index (χ1) is 12.5. The van der Waals surface area contributed by atoms with Crippen molar-refractivity contribution in [1.29, 1.82) is 5.41 Å². The van der Waals surface area contributed by atoms with Gasteiger partial charge in [-0.2, -0.15) is 10.2 Å². The van der Waals surface area contributed by atoms with Crippen LogP contribution in [0.15, 0.2) is 54.6 Å². The number of amidine groups is 1. The molecule has 4 rings (SSSR count). The van der Waals surface area contributed by atoms with E-state index in [0.29, 0.717) is 17.3 Å². The summed E-state index contributed by atoms with van der Waals surface area (Å²) < 4.78 is 3.68. The van der Waals surface area contributed by atoms with Gasteiger partial charge in [-0.05, 0) is 31.2 Å². The average Bonchev–Trinajstić information content (AvgIpc) is 3.20. The van der Waals surface area contributed by atoms with Crippen molar-refractivity contribution in [3.05, 3.63) is 76.7 Å². The van der Waals surface area contributed by atoms with Gasteiger partial charge >= 0.3 is 0 Å². The molecular formula is C19H17ClN6. The van der Waals surface area contributed by atoms with E-state index in [1.165, 1.54) is 0 Å². The van der Waals surface area contributed by atoms with E-state index in [-0.39, 0.29) is 5.84 Å². The molecule has 7 heteroatoms. The third-order valence-corrected chi connectivity index (χ3v) is 4.46. The van der Waals surface area contributed by atoms with Gasteiger partial charge in [0.05, 0.1) is 23.4 Å². The van der Waals surface area contributed by atoms with Gasteiger partial charge in [-0.1, -0.05) is 41.9 Å². The van der Waals surface area contributed by atoms with Crippen molar-refractivity contribution in [2.24, 2.45) is 5.73 Å². The van der Waals surface area contributed by atoms with Gasteiger partial charge in [0.1, 0.15) is 11.5 Å². The molecule has 0 unspecified atom stereocenters. The molecule has 0 bridgehead atoms. The van der Waals surface area contributed by atoms with E-state index >= 15 is 0 Å². The number of halogens is 1. The molecule has 0 amide bonds. The highest BCUT2D eigenvalue weighted by atomic mass is 35.5. The number of nitrogens with two attached hydrogens (primary N) is 1. The van der Waals surface area contributed by atoms with Crippen LogP contribution in [0.1, 0.15) is 17.1 Å². The highest BCUT2D eigenvalue weighted by Crippen LogP contribution is 2.23. The zero-order valence-corrected chi connectivity index (χ0v) is 14.9. The molecule has 0 aliphatic carbocycles. The summed E-state index contributed by atoms with van der Waals surface area (Å²) in [5, 5.41) is 17.3. The molecular weight excluding hydrogens is 348 g/mol. The lowest BCUT2D eigenvalue weighted by atomic mass is 10.1. The lowest BCUT2D eigenvalue weighted by Crippen LogP contribution is -2.14. The standard InChI is InChI=1S/C19H17ClN6/c1-12-7-18(19(21)22)23-25(12)11-16-9-14(20)8-15-10-17(24-26(15)16)13-5-3-2-4-6-13/h2-10H,11H2,1H3,(H3,21,22). The number of benzene rings is 1. The molecule has 0 radical (unpaired) electrons.